The van der Waals surface area contributed by atoms with Crippen LogP contribution in [-0.4, -0.2) is 53.3 Å². The Labute approximate surface area is 209 Å². The summed E-state index contributed by atoms with van der Waals surface area (Å²) in [7, 11) is 0. The first-order valence-electron chi connectivity index (χ1n) is 11.8. The molecule has 0 aliphatic carbocycles. The van der Waals surface area contributed by atoms with E-state index in [0.29, 0.717) is 38.2 Å². The molecule has 2 aromatic carbocycles. The second-order valence-electron chi connectivity index (χ2n) is 8.92. The van der Waals surface area contributed by atoms with Gasteiger partial charge in [0, 0.05) is 49.2 Å². The van der Waals surface area contributed by atoms with Crippen molar-refractivity contribution < 1.29 is 14.0 Å². The van der Waals surface area contributed by atoms with Crippen LogP contribution >= 0.6 is 11.3 Å². The van der Waals surface area contributed by atoms with Crippen LogP contribution in [0.5, 0.6) is 0 Å². The van der Waals surface area contributed by atoms with E-state index in [4.69, 9.17) is 5.73 Å². The van der Waals surface area contributed by atoms with Crippen molar-refractivity contribution in [2.24, 2.45) is 5.73 Å². The van der Waals surface area contributed by atoms with Gasteiger partial charge in [0.05, 0.1) is 0 Å². The molecule has 2 heterocycles. The highest BCUT2D eigenvalue weighted by atomic mass is 32.1. The van der Waals surface area contributed by atoms with E-state index in [-0.39, 0.29) is 17.9 Å². The molecule has 35 heavy (non-hydrogen) atoms. The standard InChI is InChI=1S/C27H31FN4O2S/c1-19-4-6-20(7-5-19)16-31(18-24-3-2-14-35-24)23-15-25(26(33)30-13-12-29)32(17-23)27(34)21-8-10-22(28)11-9-21/h2-11,14,23,25H,12-13,15-18,29H2,1H3,(H,30,33). The Morgan fingerprint density at radius 2 is 1.86 bits per heavy atom. The number of amides is 2. The summed E-state index contributed by atoms with van der Waals surface area (Å²) < 4.78 is 13.4. The van der Waals surface area contributed by atoms with Crippen LogP contribution in [0, 0.1) is 12.7 Å². The van der Waals surface area contributed by atoms with Gasteiger partial charge in [-0.3, -0.25) is 14.5 Å². The van der Waals surface area contributed by atoms with Gasteiger partial charge in [-0.2, -0.15) is 0 Å². The molecule has 3 N–H and O–H groups in total. The number of carbonyl (C=O) groups excluding carboxylic acids is 2. The lowest BCUT2D eigenvalue weighted by Crippen LogP contribution is -2.47. The van der Waals surface area contributed by atoms with E-state index in [1.807, 2.05) is 6.07 Å². The van der Waals surface area contributed by atoms with E-state index in [1.54, 1.807) is 16.2 Å². The fraction of sp³-hybridized carbons (Fsp3) is 0.333. The number of nitrogens with two attached hydrogens (primary N) is 1. The largest absolute Gasteiger partial charge is 0.353 e. The molecule has 0 radical (unpaired) electrons. The maximum absolute atomic E-state index is 13.4. The van der Waals surface area contributed by atoms with Crippen molar-refractivity contribution in [2.75, 3.05) is 19.6 Å². The molecule has 1 aliphatic rings. The Hall–Kier alpha value is -3.07. The zero-order valence-corrected chi connectivity index (χ0v) is 20.6. The molecule has 6 nitrogen and oxygen atoms in total. The number of aryl methyl sites for hydroxylation is 1. The molecule has 0 bridgehead atoms. The van der Waals surface area contributed by atoms with E-state index < -0.39 is 11.9 Å². The average molecular weight is 495 g/mol. The molecule has 1 aliphatic heterocycles. The van der Waals surface area contributed by atoms with Crippen molar-refractivity contribution in [1.29, 1.82) is 0 Å². The first-order chi connectivity index (χ1) is 16.9. The van der Waals surface area contributed by atoms with E-state index in [2.05, 4.69) is 52.9 Å². The highest BCUT2D eigenvalue weighted by Crippen LogP contribution is 2.28. The first-order valence-corrected chi connectivity index (χ1v) is 12.7. The van der Waals surface area contributed by atoms with Crippen LogP contribution in [0.3, 0.4) is 0 Å². The minimum Gasteiger partial charge on any atom is -0.353 e. The van der Waals surface area contributed by atoms with Crippen LogP contribution in [-0.2, 0) is 17.9 Å². The molecule has 4 rings (SSSR count). The lowest BCUT2D eigenvalue weighted by atomic mass is 10.1. The lowest BCUT2D eigenvalue weighted by molar-refractivity contribution is -0.124. The lowest BCUT2D eigenvalue weighted by Gasteiger charge is -2.28. The Balaban J connectivity index is 1.60. The smallest absolute Gasteiger partial charge is 0.254 e. The summed E-state index contributed by atoms with van der Waals surface area (Å²) in [5.41, 5.74) is 8.33. The van der Waals surface area contributed by atoms with E-state index in [0.717, 1.165) is 6.54 Å². The normalized spacial score (nSPS) is 17.7. The van der Waals surface area contributed by atoms with Crippen molar-refractivity contribution in [3.05, 3.63) is 93.4 Å². The van der Waals surface area contributed by atoms with Crippen molar-refractivity contribution in [1.82, 2.24) is 15.1 Å². The van der Waals surface area contributed by atoms with Gasteiger partial charge in [-0.1, -0.05) is 35.9 Å². The zero-order valence-electron chi connectivity index (χ0n) is 19.8. The van der Waals surface area contributed by atoms with Crippen LogP contribution in [0.15, 0.2) is 66.0 Å². The predicted octanol–water partition coefficient (Wildman–Crippen LogP) is 3.56. The van der Waals surface area contributed by atoms with Crippen molar-refractivity contribution in [3.63, 3.8) is 0 Å². The SMILES string of the molecule is Cc1ccc(CN(Cc2cccs2)C2CC(C(=O)NCCN)N(C(=O)c3ccc(F)cc3)C2)cc1. The number of hydrogen-bond donors (Lipinski definition) is 2. The van der Waals surface area contributed by atoms with E-state index in [9.17, 15) is 14.0 Å². The zero-order chi connectivity index (χ0) is 24.8. The average Bonchev–Trinajstić information content (AvgIpc) is 3.54. The molecule has 8 heteroatoms. The fourth-order valence-corrected chi connectivity index (χ4v) is 5.20. The number of rotatable bonds is 9. The number of halogens is 1. The Bertz CT molecular complexity index is 1120. The predicted molar refractivity (Wildman–Crippen MR) is 136 cm³/mol. The molecule has 2 unspecified atom stereocenters. The van der Waals surface area contributed by atoms with Gasteiger partial charge >= 0.3 is 0 Å². The summed E-state index contributed by atoms with van der Waals surface area (Å²) in [5, 5.41) is 4.90. The Morgan fingerprint density at radius 3 is 2.51 bits per heavy atom. The van der Waals surface area contributed by atoms with Gasteiger partial charge in [0.15, 0.2) is 0 Å². The quantitative estimate of drug-likeness (QED) is 0.477. The molecule has 1 fully saturated rings. The number of benzene rings is 2. The number of nitrogens with one attached hydrogen (secondary N) is 1. The highest BCUT2D eigenvalue weighted by Gasteiger charge is 2.42. The summed E-state index contributed by atoms with van der Waals surface area (Å²) in [6, 6.07) is 17.4. The molecule has 0 spiro atoms. The molecular weight excluding hydrogens is 463 g/mol. The Morgan fingerprint density at radius 1 is 1.11 bits per heavy atom. The molecule has 3 aromatic rings. The monoisotopic (exact) mass is 494 g/mol. The third-order valence-electron chi connectivity index (χ3n) is 6.34. The number of thiophene rings is 1. The van der Waals surface area contributed by atoms with Gasteiger partial charge in [0.2, 0.25) is 5.91 Å². The maximum Gasteiger partial charge on any atom is 0.254 e. The third kappa shape index (κ3) is 6.33. The molecule has 1 saturated heterocycles. The van der Waals surface area contributed by atoms with Crippen LogP contribution in [0.25, 0.3) is 0 Å². The fourth-order valence-electron chi connectivity index (χ4n) is 4.47. The molecule has 2 amide bonds. The molecule has 1 aromatic heterocycles. The summed E-state index contributed by atoms with van der Waals surface area (Å²) >= 11 is 1.70. The minimum atomic E-state index is -0.618. The first kappa shape index (κ1) is 25.0. The summed E-state index contributed by atoms with van der Waals surface area (Å²) in [6.07, 6.45) is 0.514. The second-order valence-corrected chi connectivity index (χ2v) is 9.95. The summed E-state index contributed by atoms with van der Waals surface area (Å²) in [4.78, 5) is 31.7. The van der Waals surface area contributed by atoms with Gasteiger partial charge in [-0.25, -0.2) is 4.39 Å². The molecule has 2 atom stereocenters. The molecule has 184 valence electrons. The van der Waals surface area contributed by atoms with Crippen molar-refractivity contribution >= 4 is 23.2 Å². The summed E-state index contributed by atoms with van der Waals surface area (Å²) in [6.45, 7) is 4.58. The van der Waals surface area contributed by atoms with Gasteiger partial charge < -0.3 is 16.0 Å². The van der Waals surface area contributed by atoms with Crippen molar-refractivity contribution in [2.45, 2.75) is 38.5 Å². The van der Waals surface area contributed by atoms with Gasteiger partial charge in [0.1, 0.15) is 11.9 Å². The van der Waals surface area contributed by atoms with E-state index in [1.165, 1.54) is 40.3 Å². The van der Waals surface area contributed by atoms with Crippen LogP contribution in [0.2, 0.25) is 0 Å². The van der Waals surface area contributed by atoms with Crippen molar-refractivity contribution in [3.8, 4) is 0 Å². The number of nitrogens with zero attached hydrogens (tertiary/aromatic N) is 2. The number of likely N-dealkylation sites (tertiary alicyclic amines) is 1. The highest BCUT2D eigenvalue weighted by molar-refractivity contribution is 7.09. The third-order valence-corrected chi connectivity index (χ3v) is 7.20. The van der Waals surface area contributed by atoms with Crippen LogP contribution < -0.4 is 11.1 Å². The second kappa shape index (κ2) is 11.6. The van der Waals surface area contributed by atoms with Gasteiger partial charge in [-0.15, -0.1) is 11.3 Å². The minimum absolute atomic E-state index is 0.0172. The van der Waals surface area contributed by atoms with Crippen LogP contribution in [0.1, 0.15) is 32.8 Å². The summed E-state index contributed by atoms with van der Waals surface area (Å²) in [5.74, 6) is -0.884. The number of carbonyl (C=O) groups is 2. The van der Waals surface area contributed by atoms with Crippen LogP contribution in [0.4, 0.5) is 4.39 Å². The maximum atomic E-state index is 13.4. The Kier molecular flexibility index (Phi) is 8.28. The topological polar surface area (TPSA) is 78.7 Å². The number of hydrogen-bond acceptors (Lipinski definition) is 5. The van der Waals surface area contributed by atoms with E-state index >= 15 is 0 Å². The molecular formula is C27H31FN4O2S. The van der Waals surface area contributed by atoms with Gasteiger partial charge in [0.25, 0.3) is 5.91 Å². The van der Waals surface area contributed by atoms with Gasteiger partial charge in [-0.05, 0) is 54.6 Å². The molecule has 0 saturated carbocycles.